The first-order valence-corrected chi connectivity index (χ1v) is 11.4. The Hall–Kier alpha value is -3.35. The molecule has 2 heterocycles. The predicted octanol–water partition coefficient (Wildman–Crippen LogP) is 2.78. The molecule has 0 saturated heterocycles. The summed E-state index contributed by atoms with van der Waals surface area (Å²) in [5.74, 6) is 5.57. The summed E-state index contributed by atoms with van der Waals surface area (Å²) in [6, 6.07) is 6.57. The number of sulfonamides is 1. The maximum Gasteiger partial charge on any atom is 0.229 e. The van der Waals surface area contributed by atoms with Crippen molar-refractivity contribution in [2.45, 2.75) is 26.8 Å². The van der Waals surface area contributed by atoms with Crippen molar-refractivity contribution >= 4 is 15.7 Å². The van der Waals surface area contributed by atoms with Crippen molar-refractivity contribution in [2.75, 3.05) is 11.0 Å². The number of hydrogen-bond donors (Lipinski definition) is 2. The van der Waals surface area contributed by atoms with Gasteiger partial charge in [-0.2, -0.15) is 0 Å². The zero-order chi connectivity index (χ0) is 22.6. The molecule has 7 nitrogen and oxygen atoms in total. The standard InChI is InChI=1S/C22H22FN5O2S/c1-4-19-17(9-8-15-10-20(14(2)25-12-15)28-31(3,29)30)22(27-13-26-19)18-7-5-6-16(11-24)21(18)23/h5-7,10,12-13,28H,4,11,24H2,1-3H3. The van der Waals surface area contributed by atoms with Crippen LogP contribution in [0.5, 0.6) is 0 Å². The second-order valence-corrected chi connectivity index (χ2v) is 8.61. The molecule has 0 amide bonds. The minimum atomic E-state index is -3.46. The van der Waals surface area contributed by atoms with E-state index in [1.165, 1.54) is 6.33 Å². The summed E-state index contributed by atoms with van der Waals surface area (Å²) in [5, 5.41) is 0. The molecule has 31 heavy (non-hydrogen) atoms. The number of aryl methyl sites for hydroxylation is 2. The number of benzene rings is 1. The van der Waals surface area contributed by atoms with Crippen molar-refractivity contribution in [3.05, 3.63) is 70.7 Å². The molecule has 0 spiro atoms. The van der Waals surface area contributed by atoms with Gasteiger partial charge in [0.15, 0.2) is 0 Å². The van der Waals surface area contributed by atoms with Gasteiger partial charge in [0.25, 0.3) is 0 Å². The lowest BCUT2D eigenvalue weighted by atomic mass is 10.0. The molecule has 3 rings (SSSR count). The highest BCUT2D eigenvalue weighted by Crippen LogP contribution is 2.27. The molecule has 3 N–H and O–H groups in total. The van der Waals surface area contributed by atoms with Gasteiger partial charge < -0.3 is 5.73 Å². The highest BCUT2D eigenvalue weighted by Gasteiger charge is 2.16. The molecule has 0 saturated carbocycles. The highest BCUT2D eigenvalue weighted by atomic mass is 32.2. The number of anilines is 1. The van der Waals surface area contributed by atoms with E-state index in [0.29, 0.717) is 51.4 Å². The number of nitrogens with one attached hydrogen (secondary N) is 1. The molecule has 1 aromatic carbocycles. The maximum atomic E-state index is 14.9. The lowest BCUT2D eigenvalue weighted by Crippen LogP contribution is -2.11. The van der Waals surface area contributed by atoms with E-state index in [9.17, 15) is 12.8 Å². The van der Waals surface area contributed by atoms with Crippen molar-refractivity contribution in [2.24, 2.45) is 5.73 Å². The third-order valence-corrected chi connectivity index (χ3v) is 5.12. The first-order valence-electron chi connectivity index (χ1n) is 9.51. The molecule has 2 aromatic heterocycles. The summed E-state index contributed by atoms with van der Waals surface area (Å²) in [6.45, 7) is 3.68. The molecular weight excluding hydrogens is 417 g/mol. The van der Waals surface area contributed by atoms with Gasteiger partial charge in [-0.15, -0.1) is 0 Å². The minimum absolute atomic E-state index is 0.0670. The van der Waals surface area contributed by atoms with Crippen LogP contribution >= 0.6 is 0 Å². The van der Waals surface area contributed by atoms with Crippen LogP contribution in [-0.2, 0) is 23.0 Å². The fourth-order valence-corrected chi connectivity index (χ4v) is 3.59. The van der Waals surface area contributed by atoms with Gasteiger partial charge in [-0.1, -0.05) is 30.9 Å². The SMILES string of the molecule is CCc1ncnc(-c2cccc(CN)c2F)c1C#Cc1cnc(C)c(NS(C)(=O)=O)c1. The Labute approximate surface area is 181 Å². The van der Waals surface area contributed by atoms with E-state index >= 15 is 0 Å². The van der Waals surface area contributed by atoms with E-state index in [1.807, 2.05) is 6.92 Å². The second kappa shape index (κ2) is 9.20. The monoisotopic (exact) mass is 439 g/mol. The van der Waals surface area contributed by atoms with Crippen LogP contribution in [0.15, 0.2) is 36.8 Å². The number of aromatic nitrogens is 3. The average Bonchev–Trinajstić information content (AvgIpc) is 2.73. The van der Waals surface area contributed by atoms with Crippen molar-refractivity contribution < 1.29 is 12.8 Å². The molecular formula is C22H22FN5O2S. The molecule has 3 aromatic rings. The fourth-order valence-electron chi connectivity index (χ4n) is 2.99. The van der Waals surface area contributed by atoms with Gasteiger partial charge in [0.05, 0.1) is 34.6 Å². The van der Waals surface area contributed by atoms with E-state index in [2.05, 4.69) is 31.5 Å². The third-order valence-electron chi connectivity index (χ3n) is 4.53. The molecule has 0 unspecified atom stereocenters. The van der Waals surface area contributed by atoms with E-state index in [0.717, 1.165) is 6.26 Å². The van der Waals surface area contributed by atoms with E-state index in [1.54, 1.807) is 37.4 Å². The molecule has 0 radical (unpaired) electrons. The van der Waals surface area contributed by atoms with Crippen LogP contribution in [0, 0.1) is 24.6 Å². The van der Waals surface area contributed by atoms with Crippen LogP contribution in [0.25, 0.3) is 11.3 Å². The minimum Gasteiger partial charge on any atom is -0.326 e. The molecule has 0 aliphatic rings. The van der Waals surface area contributed by atoms with Crippen molar-refractivity contribution in [3.8, 4) is 23.1 Å². The van der Waals surface area contributed by atoms with Crippen LogP contribution in [0.3, 0.4) is 0 Å². The molecule has 0 fully saturated rings. The number of nitrogens with two attached hydrogens (primary N) is 1. The van der Waals surface area contributed by atoms with Gasteiger partial charge in [0.2, 0.25) is 10.0 Å². The Bertz CT molecular complexity index is 1300. The van der Waals surface area contributed by atoms with E-state index in [-0.39, 0.29) is 6.54 Å². The van der Waals surface area contributed by atoms with Gasteiger partial charge in [0, 0.05) is 29.4 Å². The Morgan fingerprint density at radius 2 is 1.97 bits per heavy atom. The van der Waals surface area contributed by atoms with E-state index in [4.69, 9.17) is 5.73 Å². The highest BCUT2D eigenvalue weighted by molar-refractivity contribution is 7.92. The number of pyridine rings is 1. The molecule has 0 aliphatic carbocycles. The summed E-state index contributed by atoms with van der Waals surface area (Å²) in [6.07, 6.45) is 4.57. The number of nitrogens with zero attached hydrogens (tertiary/aromatic N) is 3. The van der Waals surface area contributed by atoms with Crippen LogP contribution < -0.4 is 10.5 Å². The summed E-state index contributed by atoms with van der Waals surface area (Å²) in [5.41, 5.74) is 9.22. The van der Waals surface area contributed by atoms with Crippen LogP contribution in [-0.4, -0.2) is 29.6 Å². The van der Waals surface area contributed by atoms with Gasteiger partial charge in [-0.3, -0.25) is 9.71 Å². The van der Waals surface area contributed by atoms with Gasteiger partial charge in [0.1, 0.15) is 12.1 Å². The maximum absolute atomic E-state index is 14.9. The van der Waals surface area contributed by atoms with Gasteiger partial charge in [-0.05, 0) is 25.5 Å². The molecule has 9 heteroatoms. The zero-order valence-electron chi connectivity index (χ0n) is 17.4. The van der Waals surface area contributed by atoms with Crippen LogP contribution in [0.2, 0.25) is 0 Å². The average molecular weight is 440 g/mol. The summed E-state index contributed by atoms with van der Waals surface area (Å²) in [7, 11) is -3.46. The lowest BCUT2D eigenvalue weighted by Gasteiger charge is -2.10. The van der Waals surface area contributed by atoms with Gasteiger partial charge >= 0.3 is 0 Å². The normalized spacial score (nSPS) is 11.0. The quantitative estimate of drug-likeness (QED) is 0.592. The number of halogens is 1. The predicted molar refractivity (Wildman–Crippen MR) is 118 cm³/mol. The Kier molecular flexibility index (Phi) is 6.63. The summed E-state index contributed by atoms with van der Waals surface area (Å²) >= 11 is 0. The van der Waals surface area contributed by atoms with Crippen molar-refractivity contribution in [1.29, 1.82) is 0 Å². The van der Waals surface area contributed by atoms with Crippen molar-refractivity contribution in [1.82, 2.24) is 15.0 Å². The number of rotatable bonds is 5. The van der Waals surface area contributed by atoms with Crippen LogP contribution in [0.1, 0.15) is 35.0 Å². The van der Waals surface area contributed by atoms with Crippen molar-refractivity contribution in [3.63, 3.8) is 0 Å². The molecule has 0 atom stereocenters. The Balaban J connectivity index is 2.13. The Morgan fingerprint density at radius 1 is 1.19 bits per heavy atom. The van der Waals surface area contributed by atoms with Gasteiger partial charge in [-0.25, -0.2) is 22.8 Å². The Morgan fingerprint density at radius 3 is 2.65 bits per heavy atom. The zero-order valence-corrected chi connectivity index (χ0v) is 18.2. The molecule has 0 bridgehead atoms. The third kappa shape index (κ3) is 5.23. The first-order chi connectivity index (χ1) is 14.7. The summed E-state index contributed by atoms with van der Waals surface area (Å²) < 4.78 is 40.5. The fraction of sp³-hybridized carbons (Fsp3) is 0.227. The topological polar surface area (TPSA) is 111 Å². The van der Waals surface area contributed by atoms with Crippen LogP contribution in [0.4, 0.5) is 10.1 Å². The first kappa shape index (κ1) is 22.3. The smallest absolute Gasteiger partial charge is 0.229 e. The second-order valence-electron chi connectivity index (χ2n) is 6.86. The molecule has 0 aliphatic heterocycles. The molecule has 160 valence electrons. The van der Waals surface area contributed by atoms with E-state index < -0.39 is 15.8 Å². The lowest BCUT2D eigenvalue weighted by molar-refractivity contribution is 0.606. The summed E-state index contributed by atoms with van der Waals surface area (Å²) in [4.78, 5) is 12.8. The largest absolute Gasteiger partial charge is 0.326 e. The number of hydrogen-bond acceptors (Lipinski definition) is 6.